The summed E-state index contributed by atoms with van der Waals surface area (Å²) in [6, 6.07) is 16.4. The molecule has 2 rings (SSSR count). The summed E-state index contributed by atoms with van der Waals surface area (Å²) in [6.45, 7) is 2.43. The number of rotatable bonds is 5. The third-order valence-electron chi connectivity index (χ3n) is 2.91. The van der Waals surface area contributed by atoms with Gasteiger partial charge in [0.1, 0.15) is 17.4 Å². The molecule has 0 atom stereocenters. The van der Waals surface area contributed by atoms with Crippen LogP contribution in [0.3, 0.4) is 0 Å². The summed E-state index contributed by atoms with van der Waals surface area (Å²) in [4.78, 5) is 12.2. The van der Waals surface area contributed by atoms with E-state index in [-0.39, 0.29) is 5.57 Å². The average Bonchev–Trinajstić information content (AvgIpc) is 2.53. The fourth-order valence-electron chi connectivity index (χ4n) is 1.95. The van der Waals surface area contributed by atoms with Crippen LogP contribution in [-0.4, -0.2) is 12.5 Å². The zero-order chi connectivity index (χ0) is 16.7. The maximum Gasteiger partial charge on any atom is 0.266 e. The molecule has 116 valence electrons. The molecule has 0 aromatic heterocycles. The molecule has 23 heavy (non-hydrogen) atoms. The van der Waals surface area contributed by atoms with Crippen molar-refractivity contribution in [3.8, 4) is 11.8 Å². The third kappa shape index (κ3) is 4.97. The number of nitriles is 1. The second kappa shape index (κ2) is 8.16. The first kappa shape index (κ1) is 16.8. The van der Waals surface area contributed by atoms with Gasteiger partial charge in [-0.15, -0.1) is 0 Å². The summed E-state index contributed by atoms with van der Waals surface area (Å²) in [6.07, 6.45) is 1.53. The number of benzene rings is 2. The predicted octanol–water partition coefficient (Wildman–Crippen LogP) is 4.39. The molecule has 0 bridgehead atoms. The van der Waals surface area contributed by atoms with E-state index in [9.17, 15) is 10.1 Å². The Bertz CT molecular complexity index is 764. The Morgan fingerprint density at radius 3 is 2.70 bits per heavy atom. The van der Waals surface area contributed by atoms with Crippen molar-refractivity contribution in [2.45, 2.75) is 6.92 Å². The Kier molecular flexibility index (Phi) is 5.95. The summed E-state index contributed by atoms with van der Waals surface area (Å²) in [5.74, 6) is 0.227. The number of carbonyl (C=O) groups excluding carboxylic acids is 1. The van der Waals surface area contributed by atoms with Gasteiger partial charge in [0.05, 0.1) is 6.61 Å². The van der Waals surface area contributed by atoms with Crippen LogP contribution in [0.4, 0.5) is 5.69 Å². The fraction of sp³-hybridized carbons (Fsp3) is 0.111. The second-order valence-corrected chi connectivity index (χ2v) is 5.56. The van der Waals surface area contributed by atoms with Crippen LogP contribution in [0, 0.1) is 11.3 Å². The third-order valence-corrected chi connectivity index (χ3v) is 3.37. The molecular formula is C18H15BrN2O2. The van der Waals surface area contributed by atoms with Crippen LogP contribution in [0.15, 0.2) is 58.6 Å². The predicted molar refractivity (Wildman–Crippen MR) is 94.0 cm³/mol. The molecule has 0 aliphatic rings. The Balaban J connectivity index is 2.24. The van der Waals surface area contributed by atoms with Gasteiger partial charge < -0.3 is 10.1 Å². The SMILES string of the molecule is CCOc1cc(Br)cc(/C=C(\C#N)C(=O)Nc2ccccc2)c1. The quantitative estimate of drug-likeness (QED) is 0.626. The van der Waals surface area contributed by atoms with E-state index in [0.717, 1.165) is 4.47 Å². The molecule has 0 aliphatic heterocycles. The van der Waals surface area contributed by atoms with Gasteiger partial charge in [0, 0.05) is 10.2 Å². The van der Waals surface area contributed by atoms with Crippen LogP contribution in [-0.2, 0) is 4.79 Å². The Morgan fingerprint density at radius 1 is 1.30 bits per heavy atom. The first-order chi connectivity index (χ1) is 11.1. The number of nitrogens with one attached hydrogen (secondary N) is 1. The van der Waals surface area contributed by atoms with Crippen LogP contribution >= 0.6 is 15.9 Å². The van der Waals surface area contributed by atoms with Crippen LogP contribution in [0.1, 0.15) is 12.5 Å². The maximum absolute atomic E-state index is 12.2. The van der Waals surface area contributed by atoms with E-state index in [2.05, 4.69) is 21.2 Å². The highest BCUT2D eigenvalue weighted by atomic mass is 79.9. The largest absolute Gasteiger partial charge is 0.494 e. The highest BCUT2D eigenvalue weighted by molar-refractivity contribution is 9.10. The van der Waals surface area contributed by atoms with Gasteiger partial charge in [-0.3, -0.25) is 4.79 Å². The van der Waals surface area contributed by atoms with Crippen LogP contribution in [0.5, 0.6) is 5.75 Å². The molecule has 0 saturated heterocycles. The van der Waals surface area contributed by atoms with E-state index in [1.165, 1.54) is 6.08 Å². The summed E-state index contributed by atoms with van der Waals surface area (Å²) >= 11 is 3.39. The van der Waals surface area contributed by atoms with E-state index in [1.54, 1.807) is 18.2 Å². The molecule has 0 spiro atoms. The zero-order valence-electron chi connectivity index (χ0n) is 12.5. The molecule has 0 radical (unpaired) electrons. The molecule has 2 aromatic carbocycles. The van der Waals surface area contributed by atoms with Crippen molar-refractivity contribution in [2.75, 3.05) is 11.9 Å². The lowest BCUT2D eigenvalue weighted by Gasteiger charge is -2.06. The van der Waals surface area contributed by atoms with Crippen molar-refractivity contribution in [2.24, 2.45) is 0 Å². The number of carbonyl (C=O) groups is 1. The number of amides is 1. The molecule has 0 heterocycles. The van der Waals surface area contributed by atoms with Crippen LogP contribution in [0.25, 0.3) is 6.08 Å². The van der Waals surface area contributed by atoms with E-state index in [4.69, 9.17) is 4.74 Å². The first-order valence-corrected chi connectivity index (χ1v) is 7.83. The van der Waals surface area contributed by atoms with E-state index in [0.29, 0.717) is 23.6 Å². The topological polar surface area (TPSA) is 62.1 Å². The summed E-state index contributed by atoms with van der Waals surface area (Å²) in [5.41, 5.74) is 1.37. The molecule has 0 aliphatic carbocycles. The lowest BCUT2D eigenvalue weighted by atomic mass is 10.1. The van der Waals surface area contributed by atoms with Crippen LogP contribution in [0.2, 0.25) is 0 Å². The minimum atomic E-state index is -0.448. The van der Waals surface area contributed by atoms with Crippen molar-refractivity contribution < 1.29 is 9.53 Å². The van der Waals surface area contributed by atoms with E-state index >= 15 is 0 Å². The van der Waals surface area contributed by atoms with Crippen molar-refractivity contribution in [3.63, 3.8) is 0 Å². The maximum atomic E-state index is 12.2. The number of ether oxygens (including phenoxy) is 1. The molecule has 1 amide bonds. The van der Waals surface area contributed by atoms with Gasteiger partial charge in [-0.05, 0) is 48.9 Å². The molecule has 2 aromatic rings. The summed E-state index contributed by atoms with van der Waals surface area (Å²) in [5, 5.41) is 12.0. The van der Waals surface area contributed by atoms with E-state index < -0.39 is 5.91 Å². The Hall–Kier alpha value is -2.58. The molecule has 0 saturated carbocycles. The van der Waals surface area contributed by atoms with Crippen molar-refractivity contribution in [1.82, 2.24) is 0 Å². The molecule has 0 fully saturated rings. The molecule has 5 heteroatoms. The van der Waals surface area contributed by atoms with Gasteiger partial charge in [-0.2, -0.15) is 5.26 Å². The van der Waals surface area contributed by atoms with Gasteiger partial charge in [-0.1, -0.05) is 34.1 Å². The highest BCUT2D eigenvalue weighted by Crippen LogP contribution is 2.23. The van der Waals surface area contributed by atoms with Gasteiger partial charge >= 0.3 is 0 Å². The van der Waals surface area contributed by atoms with Gasteiger partial charge in [0.25, 0.3) is 5.91 Å². The lowest BCUT2D eigenvalue weighted by Crippen LogP contribution is -2.13. The average molecular weight is 371 g/mol. The molecular weight excluding hydrogens is 356 g/mol. The second-order valence-electron chi connectivity index (χ2n) is 4.64. The smallest absolute Gasteiger partial charge is 0.266 e. The van der Waals surface area contributed by atoms with Crippen LogP contribution < -0.4 is 10.1 Å². The number of halogens is 1. The minimum absolute atomic E-state index is 0.0226. The number of anilines is 1. The monoisotopic (exact) mass is 370 g/mol. The molecule has 4 nitrogen and oxygen atoms in total. The van der Waals surface area contributed by atoms with Crippen molar-refractivity contribution in [1.29, 1.82) is 5.26 Å². The van der Waals surface area contributed by atoms with Gasteiger partial charge in [-0.25, -0.2) is 0 Å². The zero-order valence-corrected chi connectivity index (χ0v) is 14.1. The first-order valence-electron chi connectivity index (χ1n) is 7.04. The van der Waals surface area contributed by atoms with Crippen molar-refractivity contribution in [3.05, 3.63) is 64.1 Å². The number of nitrogens with zero attached hydrogens (tertiary/aromatic N) is 1. The molecule has 1 N–H and O–H groups in total. The fourth-order valence-corrected chi connectivity index (χ4v) is 2.44. The Labute approximate surface area is 143 Å². The summed E-state index contributed by atoms with van der Waals surface area (Å²) in [7, 11) is 0. The molecule has 0 unspecified atom stereocenters. The lowest BCUT2D eigenvalue weighted by molar-refractivity contribution is -0.112. The van der Waals surface area contributed by atoms with Gasteiger partial charge in [0.15, 0.2) is 0 Å². The Morgan fingerprint density at radius 2 is 2.04 bits per heavy atom. The highest BCUT2D eigenvalue weighted by Gasteiger charge is 2.10. The number of hydrogen-bond acceptors (Lipinski definition) is 3. The summed E-state index contributed by atoms with van der Waals surface area (Å²) < 4.78 is 6.27. The minimum Gasteiger partial charge on any atom is -0.494 e. The normalized spacial score (nSPS) is 10.7. The van der Waals surface area contributed by atoms with Crippen molar-refractivity contribution >= 4 is 33.6 Å². The van der Waals surface area contributed by atoms with E-state index in [1.807, 2.05) is 43.3 Å². The number of para-hydroxylation sites is 1. The van der Waals surface area contributed by atoms with Gasteiger partial charge in [0.2, 0.25) is 0 Å². The number of hydrogen-bond donors (Lipinski definition) is 1. The standard InChI is InChI=1S/C18H15BrN2O2/c1-2-23-17-10-13(9-15(19)11-17)8-14(12-20)18(22)21-16-6-4-3-5-7-16/h3-11H,2H2,1H3,(H,21,22)/b14-8+.